The minimum absolute atomic E-state index is 0.140. The molecule has 1 aliphatic rings. The number of nitrogens with zero attached hydrogens (tertiary/aromatic N) is 1. The molecule has 0 aromatic heterocycles. The second-order valence-electron chi connectivity index (χ2n) is 6.96. The van der Waals surface area contributed by atoms with Gasteiger partial charge >= 0.3 is 0 Å². The van der Waals surface area contributed by atoms with Gasteiger partial charge in [0.05, 0.1) is 25.4 Å². The van der Waals surface area contributed by atoms with Gasteiger partial charge in [-0.25, -0.2) is 0 Å². The molecule has 4 nitrogen and oxygen atoms in total. The Morgan fingerprint density at radius 1 is 0.889 bits per heavy atom. The molecule has 3 atom stereocenters. The van der Waals surface area contributed by atoms with Gasteiger partial charge < -0.3 is 14.9 Å². The van der Waals surface area contributed by atoms with Gasteiger partial charge in [0, 0.05) is 30.6 Å². The lowest BCUT2D eigenvalue weighted by molar-refractivity contribution is 0.0188. The summed E-state index contributed by atoms with van der Waals surface area (Å²) in [5.74, 6) is 0.651. The molecule has 0 saturated carbocycles. The molecule has 2 N–H and O–H groups in total. The minimum Gasteiger partial charge on any atom is -0.391 e. The number of hydrogen-bond donors (Lipinski definition) is 2. The number of hydrogen-bond acceptors (Lipinski definition) is 5. The van der Waals surface area contributed by atoms with E-state index in [1.165, 1.54) is 5.56 Å². The predicted molar refractivity (Wildman–Crippen MR) is 111 cm³/mol. The Labute approximate surface area is 166 Å². The predicted octanol–water partition coefficient (Wildman–Crippen LogP) is 3.28. The van der Waals surface area contributed by atoms with E-state index in [4.69, 9.17) is 4.74 Å². The summed E-state index contributed by atoms with van der Waals surface area (Å²) in [6.07, 6.45) is -0.267. The van der Waals surface area contributed by atoms with Crippen LogP contribution in [-0.4, -0.2) is 59.8 Å². The van der Waals surface area contributed by atoms with E-state index < -0.39 is 6.10 Å². The van der Waals surface area contributed by atoms with E-state index in [1.54, 1.807) is 11.8 Å². The topological polar surface area (TPSA) is 52.9 Å². The summed E-state index contributed by atoms with van der Waals surface area (Å²) >= 11 is 1.73. The number of morpholine rings is 1. The number of thioether (sulfide) groups is 1. The summed E-state index contributed by atoms with van der Waals surface area (Å²) < 4.78 is 5.37. The highest BCUT2D eigenvalue weighted by Crippen LogP contribution is 2.37. The lowest BCUT2D eigenvalue weighted by Crippen LogP contribution is -2.41. The van der Waals surface area contributed by atoms with Gasteiger partial charge in [-0.05, 0) is 17.5 Å². The molecule has 1 heterocycles. The maximum Gasteiger partial charge on any atom is 0.0803 e. The summed E-state index contributed by atoms with van der Waals surface area (Å²) in [7, 11) is 0. The van der Waals surface area contributed by atoms with Crippen molar-refractivity contribution in [2.75, 3.05) is 38.6 Å². The highest BCUT2D eigenvalue weighted by atomic mass is 32.2. The van der Waals surface area contributed by atoms with E-state index >= 15 is 0 Å². The molecule has 0 unspecified atom stereocenters. The molecule has 1 fully saturated rings. The van der Waals surface area contributed by atoms with Crippen LogP contribution in [0.1, 0.15) is 28.9 Å². The van der Waals surface area contributed by atoms with Crippen LogP contribution in [0.5, 0.6) is 0 Å². The van der Waals surface area contributed by atoms with Crippen molar-refractivity contribution in [2.24, 2.45) is 0 Å². The Morgan fingerprint density at radius 2 is 1.48 bits per heavy atom. The smallest absolute Gasteiger partial charge is 0.0803 e. The van der Waals surface area contributed by atoms with Crippen LogP contribution >= 0.6 is 11.8 Å². The van der Waals surface area contributed by atoms with E-state index in [9.17, 15) is 10.2 Å². The van der Waals surface area contributed by atoms with Crippen molar-refractivity contribution in [1.29, 1.82) is 0 Å². The third-order valence-corrected chi connectivity index (χ3v) is 6.30. The summed E-state index contributed by atoms with van der Waals surface area (Å²) in [5.41, 5.74) is 2.13. The van der Waals surface area contributed by atoms with Crippen molar-refractivity contribution in [3.8, 4) is 0 Å². The van der Waals surface area contributed by atoms with Gasteiger partial charge in [0.1, 0.15) is 0 Å². The highest BCUT2D eigenvalue weighted by Gasteiger charge is 2.21. The van der Waals surface area contributed by atoms with Crippen LogP contribution in [0.3, 0.4) is 0 Å². The molecule has 0 radical (unpaired) electrons. The summed E-state index contributed by atoms with van der Waals surface area (Å²) in [6.45, 7) is 3.94. The fourth-order valence-electron chi connectivity index (χ4n) is 3.34. The van der Waals surface area contributed by atoms with Crippen LogP contribution in [0.2, 0.25) is 0 Å². The molecule has 27 heavy (non-hydrogen) atoms. The van der Waals surface area contributed by atoms with Gasteiger partial charge in [-0.2, -0.15) is 11.8 Å². The van der Waals surface area contributed by atoms with Crippen molar-refractivity contribution in [1.82, 2.24) is 4.90 Å². The third-order valence-electron chi connectivity index (χ3n) is 4.86. The Hall–Kier alpha value is -1.37. The van der Waals surface area contributed by atoms with Gasteiger partial charge in [-0.3, -0.25) is 4.90 Å². The van der Waals surface area contributed by atoms with E-state index in [0.717, 1.165) is 31.9 Å². The third kappa shape index (κ3) is 6.63. The molecule has 0 bridgehead atoms. The van der Waals surface area contributed by atoms with Crippen LogP contribution in [0.4, 0.5) is 0 Å². The summed E-state index contributed by atoms with van der Waals surface area (Å²) in [6, 6.07) is 20.1. The molecular weight excluding hydrogens is 358 g/mol. The standard InChI is InChI=1S/C22H29NO3S/c24-20(16-23-11-13-26-14-12-23)17-27-22(19-9-5-2-6-10-19)15-21(25)18-7-3-1-4-8-18/h1-10,20-22,24-25H,11-17H2/t20-,21+,22-/m0/s1. The van der Waals surface area contributed by atoms with Crippen LogP contribution in [-0.2, 0) is 4.74 Å². The fraction of sp³-hybridized carbons (Fsp3) is 0.455. The molecule has 3 rings (SSSR count). The molecular formula is C22H29NO3S. The molecule has 5 heteroatoms. The first-order valence-corrected chi connectivity index (χ1v) is 10.6. The molecule has 146 valence electrons. The SMILES string of the molecule is O[C@H](CS[C@@H](C[C@@H](O)c1ccccc1)c1ccccc1)CN1CCOCC1. The maximum atomic E-state index is 10.7. The Kier molecular flexibility index (Phi) is 8.17. The fourth-order valence-corrected chi connectivity index (χ4v) is 4.57. The zero-order chi connectivity index (χ0) is 18.9. The Balaban J connectivity index is 1.58. The molecule has 1 saturated heterocycles. The number of aliphatic hydroxyl groups is 2. The van der Waals surface area contributed by atoms with Crippen LogP contribution in [0, 0.1) is 0 Å². The van der Waals surface area contributed by atoms with Crippen LogP contribution in [0.25, 0.3) is 0 Å². The first-order valence-electron chi connectivity index (χ1n) is 9.60. The van der Waals surface area contributed by atoms with Gasteiger partial charge in [-0.1, -0.05) is 60.7 Å². The number of aliphatic hydroxyl groups excluding tert-OH is 2. The van der Waals surface area contributed by atoms with Crippen LogP contribution < -0.4 is 0 Å². The highest BCUT2D eigenvalue weighted by molar-refractivity contribution is 7.99. The van der Waals surface area contributed by atoms with Gasteiger partial charge in [0.15, 0.2) is 0 Å². The van der Waals surface area contributed by atoms with Crippen molar-refractivity contribution < 1.29 is 14.9 Å². The lowest BCUT2D eigenvalue weighted by atomic mass is 10.0. The summed E-state index contributed by atoms with van der Waals surface area (Å²) in [5, 5.41) is 21.3. The van der Waals surface area contributed by atoms with Crippen molar-refractivity contribution >= 4 is 11.8 Å². The zero-order valence-electron chi connectivity index (χ0n) is 15.6. The Bertz CT molecular complexity index is 649. The molecule has 2 aromatic carbocycles. The number of β-amino-alcohol motifs (C(OH)–C–C–N with tert-alkyl or cyclic N) is 1. The number of benzene rings is 2. The number of ether oxygens (including phenoxy) is 1. The first kappa shape index (κ1) is 20.4. The van der Waals surface area contributed by atoms with Gasteiger partial charge in [0.2, 0.25) is 0 Å². The lowest BCUT2D eigenvalue weighted by Gasteiger charge is -2.29. The average molecular weight is 388 g/mol. The van der Waals surface area contributed by atoms with E-state index in [2.05, 4.69) is 17.0 Å². The summed E-state index contributed by atoms with van der Waals surface area (Å²) in [4.78, 5) is 2.26. The van der Waals surface area contributed by atoms with E-state index in [0.29, 0.717) is 18.7 Å². The van der Waals surface area contributed by atoms with E-state index in [1.807, 2.05) is 48.5 Å². The van der Waals surface area contributed by atoms with Crippen LogP contribution in [0.15, 0.2) is 60.7 Å². The second kappa shape index (κ2) is 10.8. The quantitative estimate of drug-likeness (QED) is 0.692. The second-order valence-corrected chi connectivity index (χ2v) is 8.20. The molecule has 2 aromatic rings. The minimum atomic E-state index is -0.514. The van der Waals surface area contributed by atoms with Crippen molar-refractivity contribution in [3.05, 3.63) is 71.8 Å². The van der Waals surface area contributed by atoms with E-state index in [-0.39, 0.29) is 11.4 Å². The molecule has 0 amide bonds. The number of rotatable bonds is 9. The maximum absolute atomic E-state index is 10.7. The molecule has 0 aliphatic carbocycles. The first-order chi connectivity index (χ1) is 13.2. The largest absolute Gasteiger partial charge is 0.391 e. The van der Waals surface area contributed by atoms with Crippen molar-refractivity contribution in [3.63, 3.8) is 0 Å². The normalized spacial score (nSPS) is 18.7. The molecule has 1 aliphatic heterocycles. The Morgan fingerprint density at radius 3 is 2.11 bits per heavy atom. The zero-order valence-corrected chi connectivity index (χ0v) is 16.4. The average Bonchev–Trinajstić information content (AvgIpc) is 2.73. The monoisotopic (exact) mass is 387 g/mol. The molecule has 0 spiro atoms. The van der Waals surface area contributed by atoms with Gasteiger partial charge in [0.25, 0.3) is 0 Å². The van der Waals surface area contributed by atoms with Gasteiger partial charge in [-0.15, -0.1) is 0 Å². The van der Waals surface area contributed by atoms with Crippen molar-refractivity contribution in [2.45, 2.75) is 23.9 Å².